The lowest BCUT2D eigenvalue weighted by atomic mass is 10.2. The molecule has 0 atom stereocenters. The van der Waals surface area contributed by atoms with Crippen molar-refractivity contribution in [3.8, 4) is 0 Å². The van der Waals surface area contributed by atoms with Crippen molar-refractivity contribution in [1.82, 2.24) is 9.78 Å². The maximum Gasteiger partial charge on any atom is 0.323 e. The van der Waals surface area contributed by atoms with Gasteiger partial charge in [-0.05, 0) is 36.8 Å². The lowest BCUT2D eigenvalue weighted by molar-refractivity contribution is -0.135. The Hall–Kier alpha value is -2.01. The van der Waals surface area contributed by atoms with Crippen molar-refractivity contribution >= 4 is 23.3 Å². The van der Waals surface area contributed by atoms with E-state index in [-0.39, 0.29) is 6.54 Å². The first-order chi connectivity index (χ1) is 9.99. The molecule has 1 aromatic carbocycles. The molecule has 0 fully saturated rings. The van der Waals surface area contributed by atoms with Gasteiger partial charge in [-0.25, -0.2) is 0 Å². The number of carbonyl (C=O) groups is 1. The second-order valence-electron chi connectivity index (χ2n) is 4.83. The number of halogens is 1. The SMILES string of the molecule is CCc1cc(CN(CC(=O)O)c2ccc(Cl)cc2)n(C)n1. The Morgan fingerprint density at radius 1 is 1.38 bits per heavy atom. The number of carboxylic acid groups (broad SMARTS) is 1. The lowest BCUT2D eigenvalue weighted by Crippen LogP contribution is -2.30. The molecule has 6 heteroatoms. The van der Waals surface area contributed by atoms with Crippen molar-refractivity contribution in [3.63, 3.8) is 0 Å². The van der Waals surface area contributed by atoms with Crippen LogP contribution in [0.2, 0.25) is 5.02 Å². The molecule has 1 aromatic heterocycles. The topological polar surface area (TPSA) is 58.4 Å². The normalized spacial score (nSPS) is 10.6. The summed E-state index contributed by atoms with van der Waals surface area (Å²) in [5.41, 5.74) is 2.79. The molecule has 1 N–H and O–H groups in total. The molecule has 0 saturated heterocycles. The molecule has 21 heavy (non-hydrogen) atoms. The van der Waals surface area contributed by atoms with Gasteiger partial charge >= 0.3 is 5.97 Å². The third-order valence-corrected chi connectivity index (χ3v) is 3.51. The van der Waals surface area contributed by atoms with E-state index in [9.17, 15) is 4.79 Å². The van der Waals surface area contributed by atoms with E-state index in [0.29, 0.717) is 11.6 Å². The zero-order valence-electron chi connectivity index (χ0n) is 12.1. The lowest BCUT2D eigenvalue weighted by Gasteiger charge is -2.22. The molecule has 0 aliphatic rings. The molecule has 0 amide bonds. The number of aliphatic carboxylic acids is 1. The van der Waals surface area contributed by atoms with Gasteiger partial charge in [0.1, 0.15) is 6.54 Å². The Morgan fingerprint density at radius 3 is 2.57 bits per heavy atom. The van der Waals surface area contributed by atoms with Gasteiger partial charge in [-0.1, -0.05) is 18.5 Å². The predicted molar refractivity (Wildman–Crippen MR) is 82.7 cm³/mol. The Bertz CT molecular complexity index is 622. The van der Waals surface area contributed by atoms with E-state index in [1.165, 1.54) is 0 Å². The van der Waals surface area contributed by atoms with Crippen LogP contribution in [0.1, 0.15) is 18.3 Å². The van der Waals surface area contributed by atoms with Gasteiger partial charge in [0, 0.05) is 17.8 Å². The van der Waals surface area contributed by atoms with E-state index in [2.05, 4.69) is 5.10 Å². The number of benzene rings is 1. The monoisotopic (exact) mass is 307 g/mol. The van der Waals surface area contributed by atoms with Crippen LogP contribution in [0.4, 0.5) is 5.69 Å². The van der Waals surface area contributed by atoms with Gasteiger partial charge in [-0.3, -0.25) is 9.48 Å². The molecule has 2 aromatic rings. The van der Waals surface area contributed by atoms with Crippen molar-refractivity contribution in [2.24, 2.45) is 7.05 Å². The number of aryl methyl sites for hydroxylation is 2. The van der Waals surface area contributed by atoms with Crippen LogP contribution in [0.25, 0.3) is 0 Å². The van der Waals surface area contributed by atoms with Gasteiger partial charge in [-0.2, -0.15) is 5.10 Å². The smallest absolute Gasteiger partial charge is 0.323 e. The van der Waals surface area contributed by atoms with E-state index in [1.54, 1.807) is 21.7 Å². The minimum atomic E-state index is -0.872. The highest BCUT2D eigenvalue weighted by molar-refractivity contribution is 6.30. The Kier molecular flexibility index (Phi) is 4.85. The first-order valence-corrected chi connectivity index (χ1v) is 7.11. The molecule has 5 nitrogen and oxygen atoms in total. The van der Waals surface area contributed by atoms with Gasteiger partial charge in [-0.15, -0.1) is 0 Å². The summed E-state index contributed by atoms with van der Waals surface area (Å²) in [6.45, 7) is 2.45. The number of anilines is 1. The van der Waals surface area contributed by atoms with Crippen LogP contribution in [0.3, 0.4) is 0 Å². The number of carboxylic acids is 1. The van der Waals surface area contributed by atoms with E-state index < -0.39 is 5.97 Å². The summed E-state index contributed by atoms with van der Waals surface area (Å²) >= 11 is 5.88. The molecular weight excluding hydrogens is 290 g/mol. The highest BCUT2D eigenvalue weighted by atomic mass is 35.5. The zero-order valence-corrected chi connectivity index (χ0v) is 12.8. The summed E-state index contributed by atoms with van der Waals surface area (Å²) in [6.07, 6.45) is 0.855. The van der Waals surface area contributed by atoms with Crippen LogP contribution in [0.5, 0.6) is 0 Å². The first-order valence-electron chi connectivity index (χ1n) is 6.73. The molecule has 0 aliphatic carbocycles. The Morgan fingerprint density at radius 2 is 2.05 bits per heavy atom. The van der Waals surface area contributed by atoms with E-state index in [0.717, 1.165) is 23.5 Å². The van der Waals surface area contributed by atoms with Crippen molar-refractivity contribution < 1.29 is 9.90 Å². The average Bonchev–Trinajstić information content (AvgIpc) is 2.79. The van der Waals surface area contributed by atoms with Gasteiger partial charge in [0.15, 0.2) is 0 Å². The first kappa shape index (κ1) is 15.4. The van der Waals surface area contributed by atoms with Crippen LogP contribution in [0, 0.1) is 0 Å². The van der Waals surface area contributed by atoms with Crippen LogP contribution in [-0.4, -0.2) is 27.4 Å². The fourth-order valence-corrected chi connectivity index (χ4v) is 2.27. The number of hydrogen-bond donors (Lipinski definition) is 1. The average molecular weight is 308 g/mol. The molecule has 0 radical (unpaired) electrons. The summed E-state index contributed by atoms with van der Waals surface area (Å²) in [5, 5.41) is 14.1. The van der Waals surface area contributed by atoms with Crippen molar-refractivity contribution in [2.75, 3.05) is 11.4 Å². The fourth-order valence-electron chi connectivity index (χ4n) is 2.14. The Labute approximate surface area is 128 Å². The largest absolute Gasteiger partial charge is 0.480 e. The molecule has 2 rings (SSSR count). The number of aromatic nitrogens is 2. The van der Waals surface area contributed by atoms with E-state index in [1.807, 2.05) is 32.2 Å². The van der Waals surface area contributed by atoms with E-state index in [4.69, 9.17) is 16.7 Å². The van der Waals surface area contributed by atoms with Gasteiger partial charge in [0.2, 0.25) is 0 Å². The van der Waals surface area contributed by atoms with Gasteiger partial charge < -0.3 is 10.0 Å². The molecule has 0 bridgehead atoms. The van der Waals surface area contributed by atoms with Crippen LogP contribution >= 0.6 is 11.6 Å². The summed E-state index contributed by atoms with van der Waals surface area (Å²) in [5.74, 6) is -0.872. The Balaban J connectivity index is 2.25. The minimum absolute atomic E-state index is 0.0751. The molecule has 0 saturated carbocycles. The highest BCUT2D eigenvalue weighted by Crippen LogP contribution is 2.20. The number of rotatable bonds is 6. The molecule has 0 unspecified atom stereocenters. The second kappa shape index (κ2) is 6.63. The highest BCUT2D eigenvalue weighted by Gasteiger charge is 2.14. The van der Waals surface area contributed by atoms with Crippen molar-refractivity contribution in [3.05, 3.63) is 46.7 Å². The van der Waals surface area contributed by atoms with Crippen molar-refractivity contribution in [2.45, 2.75) is 19.9 Å². The number of nitrogens with zero attached hydrogens (tertiary/aromatic N) is 3. The van der Waals surface area contributed by atoms with Crippen LogP contribution in [-0.2, 0) is 24.8 Å². The third kappa shape index (κ3) is 3.98. The van der Waals surface area contributed by atoms with E-state index >= 15 is 0 Å². The maximum absolute atomic E-state index is 11.1. The van der Waals surface area contributed by atoms with Crippen LogP contribution in [0.15, 0.2) is 30.3 Å². The predicted octanol–water partition coefficient (Wildman–Crippen LogP) is 2.73. The fraction of sp³-hybridized carbons (Fsp3) is 0.333. The standard InChI is InChI=1S/C15H18ClN3O2/c1-3-12-8-14(18(2)17-12)9-19(10-15(20)21)13-6-4-11(16)5-7-13/h4-8H,3,9-10H2,1-2H3,(H,20,21). The molecule has 0 aliphatic heterocycles. The summed E-state index contributed by atoms with van der Waals surface area (Å²) in [4.78, 5) is 12.9. The third-order valence-electron chi connectivity index (χ3n) is 3.26. The zero-order chi connectivity index (χ0) is 15.4. The molecular formula is C15H18ClN3O2. The second-order valence-corrected chi connectivity index (χ2v) is 5.27. The summed E-state index contributed by atoms with van der Waals surface area (Å²) in [7, 11) is 1.87. The number of hydrogen-bond acceptors (Lipinski definition) is 3. The minimum Gasteiger partial charge on any atom is -0.480 e. The maximum atomic E-state index is 11.1. The van der Waals surface area contributed by atoms with Gasteiger partial charge in [0.25, 0.3) is 0 Å². The summed E-state index contributed by atoms with van der Waals surface area (Å²) < 4.78 is 1.80. The van der Waals surface area contributed by atoms with Crippen LogP contribution < -0.4 is 4.90 Å². The van der Waals surface area contributed by atoms with Gasteiger partial charge in [0.05, 0.1) is 17.9 Å². The molecule has 112 valence electrons. The molecule has 1 heterocycles. The molecule has 0 spiro atoms. The van der Waals surface area contributed by atoms with Crippen molar-refractivity contribution in [1.29, 1.82) is 0 Å². The summed E-state index contributed by atoms with van der Waals surface area (Å²) in [6, 6.07) is 9.16. The quantitative estimate of drug-likeness (QED) is 0.891.